The highest BCUT2D eigenvalue weighted by molar-refractivity contribution is 5.80. The Kier molecular flexibility index (Phi) is 4.46. The Hall–Kier alpha value is -1.59. The molecular formula is C9H14N4O. The molecule has 0 amide bonds. The molecule has 0 aliphatic rings. The van der Waals surface area contributed by atoms with Gasteiger partial charge in [-0.15, -0.1) is 0 Å². The van der Waals surface area contributed by atoms with E-state index in [1.165, 1.54) is 0 Å². The van der Waals surface area contributed by atoms with Gasteiger partial charge in [0.05, 0.1) is 12.3 Å². The van der Waals surface area contributed by atoms with Gasteiger partial charge >= 0.3 is 0 Å². The van der Waals surface area contributed by atoms with Crippen LogP contribution in [0.5, 0.6) is 0 Å². The lowest BCUT2D eigenvalue weighted by molar-refractivity contribution is 0.289. The maximum absolute atomic E-state index is 8.49. The number of hydrazine groups is 1. The third-order valence-corrected chi connectivity index (χ3v) is 1.46. The number of aliphatic hydroxyl groups excluding tert-OH is 1. The number of nitrogens with two attached hydrogens (primary N) is 1. The summed E-state index contributed by atoms with van der Waals surface area (Å²) in [5.74, 6) is 0.268. The fourth-order valence-electron chi connectivity index (χ4n) is 0.879. The molecule has 14 heavy (non-hydrogen) atoms. The van der Waals surface area contributed by atoms with Crippen LogP contribution in [0.4, 0.5) is 5.69 Å². The second-order valence-electron chi connectivity index (χ2n) is 2.61. The summed E-state index contributed by atoms with van der Waals surface area (Å²) in [7, 11) is 0. The Labute approximate surface area is 82.6 Å². The standard InChI is InChI=1S/C9H14N4O/c10-9(13-11-6-7-14)12-8-4-2-1-3-5-8/h1-5,11,14H,6-7H2,(H3,10,12,13). The second kappa shape index (κ2) is 5.95. The van der Waals surface area contributed by atoms with Crippen molar-refractivity contribution >= 4 is 11.6 Å². The van der Waals surface area contributed by atoms with E-state index in [1.54, 1.807) is 0 Å². The smallest absolute Gasteiger partial charge is 0.208 e. The minimum absolute atomic E-state index is 0.0472. The van der Waals surface area contributed by atoms with Crippen LogP contribution in [0.2, 0.25) is 0 Å². The molecule has 1 aromatic rings. The highest BCUT2D eigenvalue weighted by atomic mass is 16.3. The fourth-order valence-corrected chi connectivity index (χ4v) is 0.879. The van der Waals surface area contributed by atoms with Gasteiger partial charge < -0.3 is 10.8 Å². The van der Waals surface area contributed by atoms with Gasteiger partial charge in [-0.05, 0) is 12.1 Å². The summed E-state index contributed by atoms with van der Waals surface area (Å²) >= 11 is 0. The van der Waals surface area contributed by atoms with Crippen LogP contribution >= 0.6 is 0 Å². The summed E-state index contributed by atoms with van der Waals surface area (Å²) in [5, 5.41) is 8.49. The van der Waals surface area contributed by atoms with Crippen molar-refractivity contribution in [1.29, 1.82) is 0 Å². The maximum Gasteiger partial charge on any atom is 0.208 e. The molecule has 0 aliphatic carbocycles. The van der Waals surface area contributed by atoms with Gasteiger partial charge in [0.15, 0.2) is 0 Å². The van der Waals surface area contributed by atoms with Crippen molar-refractivity contribution < 1.29 is 5.11 Å². The first-order valence-corrected chi connectivity index (χ1v) is 4.32. The molecule has 0 fully saturated rings. The summed E-state index contributed by atoms with van der Waals surface area (Å²) in [6.45, 7) is 0.469. The van der Waals surface area contributed by atoms with Crippen LogP contribution in [0.3, 0.4) is 0 Å². The number of nitrogens with zero attached hydrogens (tertiary/aromatic N) is 1. The topological polar surface area (TPSA) is 82.7 Å². The van der Waals surface area contributed by atoms with Crippen molar-refractivity contribution in [2.24, 2.45) is 10.7 Å². The molecule has 0 heterocycles. The third-order valence-electron chi connectivity index (χ3n) is 1.46. The Morgan fingerprint density at radius 1 is 1.36 bits per heavy atom. The lowest BCUT2D eigenvalue weighted by Crippen LogP contribution is -2.43. The van der Waals surface area contributed by atoms with Crippen LogP contribution in [-0.4, -0.2) is 24.2 Å². The largest absolute Gasteiger partial charge is 0.395 e. The monoisotopic (exact) mass is 194 g/mol. The van der Waals surface area contributed by atoms with E-state index >= 15 is 0 Å². The molecule has 1 aromatic carbocycles. The zero-order valence-corrected chi connectivity index (χ0v) is 7.77. The first-order chi connectivity index (χ1) is 6.83. The lowest BCUT2D eigenvalue weighted by Gasteiger charge is -2.05. The zero-order valence-electron chi connectivity index (χ0n) is 7.77. The highest BCUT2D eigenvalue weighted by Gasteiger charge is 1.90. The van der Waals surface area contributed by atoms with Crippen LogP contribution in [0.15, 0.2) is 35.3 Å². The quantitative estimate of drug-likeness (QED) is 0.230. The summed E-state index contributed by atoms with van der Waals surface area (Å²) in [6.07, 6.45) is 0. The van der Waals surface area contributed by atoms with Crippen LogP contribution in [0.1, 0.15) is 0 Å². The highest BCUT2D eigenvalue weighted by Crippen LogP contribution is 2.08. The molecule has 5 heteroatoms. The van der Waals surface area contributed by atoms with Crippen LogP contribution in [-0.2, 0) is 0 Å². The van der Waals surface area contributed by atoms with Crippen molar-refractivity contribution in [2.45, 2.75) is 0 Å². The molecule has 5 N–H and O–H groups in total. The number of guanidine groups is 1. The number of hydrogen-bond acceptors (Lipinski definition) is 3. The Morgan fingerprint density at radius 2 is 2.07 bits per heavy atom. The van der Waals surface area contributed by atoms with Gasteiger partial charge in [-0.25, -0.2) is 10.4 Å². The van der Waals surface area contributed by atoms with Gasteiger partial charge in [-0.1, -0.05) is 18.2 Å². The summed E-state index contributed by atoms with van der Waals surface area (Å²) in [5.41, 5.74) is 11.7. The van der Waals surface area contributed by atoms with Gasteiger partial charge in [-0.2, -0.15) is 0 Å². The van der Waals surface area contributed by atoms with Crippen molar-refractivity contribution in [3.05, 3.63) is 30.3 Å². The lowest BCUT2D eigenvalue weighted by atomic mass is 10.3. The van der Waals surface area contributed by atoms with E-state index in [9.17, 15) is 0 Å². The van der Waals surface area contributed by atoms with E-state index in [1.807, 2.05) is 30.3 Å². The number of hydrogen-bond donors (Lipinski definition) is 4. The Balaban J connectivity index is 2.43. The Morgan fingerprint density at radius 3 is 2.71 bits per heavy atom. The average Bonchev–Trinajstić information content (AvgIpc) is 2.20. The van der Waals surface area contributed by atoms with E-state index in [0.717, 1.165) is 5.69 Å². The zero-order chi connectivity index (χ0) is 10.2. The Bertz CT molecular complexity index is 286. The predicted molar refractivity (Wildman–Crippen MR) is 55.9 cm³/mol. The molecule has 0 saturated carbocycles. The number of rotatable bonds is 4. The van der Waals surface area contributed by atoms with E-state index in [0.29, 0.717) is 6.54 Å². The number of benzene rings is 1. The molecule has 0 bridgehead atoms. The summed E-state index contributed by atoms with van der Waals surface area (Å²) < 4.78 is 0. The average molecular weight is 194 g/mol. The molecule has 0 saturated heterocycles. The van der Waals surface area contributed by atoms with Crippen LogP contribution < -0.4 is 16.6 Å². The van der Waals surface area contributed by atoms with E-state index in [-0.39, 0.29) is 12.6 Å². The first kappa shape index (κ1) is 10.5. The molecule has 0 atom stereocenters. The number of aliphatic imine (C=N–C) groups is 1. The minimum Gasteiger partial charge on any atom is -0.395 e. The molecule has 0 unspecified atom stereocenters. The molecule has 1 rings (SSSR count). The number of para-hydroxylation sites is 1. The van der Waals surface area contributed by atoms with Crippen molar-refractivity contribution in [3.8, 4) is 0 Å². The first-order valence-electron chi connectivity index (χ1n) is 4.32. The number of nitrogens with one attached hydrogen (secondary N) is 2. The predicted octanol–water partition coefficient (Wildman–Crippen LogP) is -0.281. The fraction of sp³-hybridized carbons (Fsp3) is 0.222. The molecule has 0 aromatic heterocycles. The van der Waals surface area contributed by atoms with Gasteiger partial charge in [0, 0.05) is 6.54 Å². The second-order valence-corrected chi connectivity index (χ2v) is 2.61. The van der Waals surface area contributed by atoms with E-state index < -0.39 is 0 Å². The van der Waals surface area contributed by atoms with E-state index in [2.05, 4.69) is 15.8 Å². The van der Waals surface area contributed by atoms with Gasteiger partial charge in [0.2, 0.25) is 5.96 Å². The SMILES string of the molecule is NC(=Nc1ccccc1)NNCCO. The molecule has 5 nitrogen and oxygen atoms in total. The normalized spacial score (nSPS) is 11.4. The van der Waals surface area contributed by atoms with Crippen LogP contribution in [0, 0.1) is 0 Å². The third kappa shape index (κ3) is 3.88. The van der Waals surface area contributed by atoms with Crippen molar-refractivity contribution in [3.63, 3.8) is 0 Å². The van der Waals surface area contributed by atoms with Crippen LogP contribution in [0.25, 0.3) is 0 Å². The van der Waals surface area contributed by atoms with Gasteiger partial charge in [0.25, 0.3) is 0 Å². The molecular weight excluding hydrogens is 180 g/mol. The summed E-state index contributed by atoms with van der Waals surface area (Å²) in [4.78, 5) is 4.07. The van der Waals surface area contributed by atoms with Crippen molar-refractivity contribution in [2.75, 3.05) is 13.2 Å². The molecule has 76 valence electrons. The van der Waals surface area contributed by atoms with Crippen molar-refractivity contribution in [1.82, 2.24) is 10.9 Å². The molecule has 0 radical (unpaired) electrons. The maximum atomic E-state index is 8.49. The van der Waals surface area contributed by atoms with Gasteiger partial charge in [-0.3, -0.25) is 5.43 Å². The minimum atomic E-state index is 0.0472. The van der Waals surface area contributed by atoms with Gasteiger partial charge in [0.1, 0.15) is 0 Å². The number of aliphatic hydroxyl groups is 1. The molecule has 0 aliphatic heterocycles. The van der Waals surface area contributed by atoms with E-state index in [4.69, 9.17) is 10.8 Å². The molecule has 0 spiro atoms. The summed E-state index contributed by atoms with van der Waals surface area (Å²) in [6, 6.07) is 9.37.